The van der Waals surface area contributed by atoms with Crippen molar-refractivity contribution in [2.75, 3.05) is 18.6 Å². The normalized spacial score (nSPS) is 20.9. The van der Waals surface area contributed by atoms with Gasteiger partial charge in [-0.2, -0.15) is 0 Å². The SMILES string of the molecule is COc1ncc(C2CCC(CN(C(=O)C3CCCCC3)c3cc(/C(C=NC(C)C)=C/N)ccn3)CC2)cc1C. The quantitative estimate of drug-likeness (QED) is 0.375. The summed E-state index contributed by atoms with van der Waals surface area (Å²) >= 11 is 0. The van der Waals surface area contributed by atoms with Crippen LogP contribution in [-0.2, 0) is 4.79 Å². The average Bonchev–Trinajstić information content (AvgIpc) is 2.96. The van der Waals surface area contributed by atoms with Crippen molar-refractivity contribution in [1.82, 2.24) is 9.97 Å². The first-order chi connectivity index (χ1) is 18.9. The second-order valence-electron chi connectivity index (χ2n) is 11.5. The lowest BCUT2D eigenvalue weighted by Gasteiger charge is -2.35. The average molecular weight is 532 g/mol. The van der Waals surface area contributed by atoms with E-state index >= 15 is 0 Å². The van der Waals surface area contributed by atoms with Crippen molar-refractivity contribution in [2.45, 2.75) is 90.5 Å². The van der Waals surface area contributed by atoms with Crippen molar-refractivity contribution in [3.8, 4) is 5.88 Å². The molecule has 4 rings (SSSR count). The molecule has 0 spiro atoms. The molecule has 210 valence electrons. The Bertz CT molecular complexity index is 1160. The Morgan fingerprint density at radius 3 is 2.51 bits per heavy atom. The molecule has 2 aliphatic rings. The zero-order valence-electron chi connectivity index (χ0n) is 24.1. The Hall–Kier alpha value is -3.22. The molecule has 0 bridgehead atoms. The molecular weight excluding hydrogens is 486 g/mol. The number of anilines is 1. The highest BCUT2D eigenvalue weighted by Crippen LogP contribution is 2.38. The number of hydrogen-bond acceptors (Lipinski definition) is 6. The Labute approximate surface area is 234 Å². The third-order valence-electron chi connectivity index (χ3n) is 8.27. The van der Waals surface area contributed by atoms with Gasteiger partial charge < -0.3 is 10.5 Å². The first kappa shape index (κ1) is 28.8. The van der Waals surface area contributed by atoms with E-state index in [1.165, 1.54) is 12.0 Å². The number of carbonyl (C=O) groups excluding carboxylic acids is 1. The van der Waals surface area contributed by atoms with Gasteiger partial charge in [-0.15, -0.1) is 0 Å². The van der Waals surface area contributed by atoms with Crippen LogP contribution in [0.3, 0.4) is 0 Å². The lowest BCUT2D eigenvalue weighted by Crippen LogP contribution is -2.41. The minimum atomic E-state index is 0.0842. The topological polar surface area (TPSA) is 93.7 Å². The minimum absolute atomic E-state index is 0.0842. The third kappa shape index (κ3) is 7.46. The molecule has 2 N–H and O–H groups in total. The van der Waals surface area contributed by atoms with Crippen LogP contribution in [0.25, 0.3) is 5.57 Å². The van der Waals surface area contributed by atoms with Crippen molar-refractivity contribution < 1.29 is 9.53 Å². The standard InChI is InChI=1S/C32H45N5O2/c1-22(2)35-20-29(18-33)27-14-15-34-30(17-27)37(32(38)26-8-6-5-7-9-26)21-24-10-12-25(13-11-24)28-16-23(3)31(39-4)36-19-28/h14-20,22,24-26H,5-13,21,33H2,1-4H3/b29-18+,35-20?. The summed E-state index contributed by atoms with van der Waals surface area (Å²) in [6.07, 6.45) is 16.9. The molecule has 1 amide bonds. The second kappa shape index (κ2) is 13.7. The highest BCUT2D eigenvalue weighted by Gasteiger charge is 2.31. The predicted molar refractivity (Wildman–Crippen MR) is 159 cm³/mol. The zero-order valence-corrected chi connectivity index (χ0v) is 24.1. The van der Waals surface area contributed by atoms with Crippen LogP contribution in [0.5, 0.6) is 5.88 Å². The van der Waals surface area contributed by atoms with Gasteiger partial charge in [0.25, 0.3) is 0 Å². The van der Waals surface area contributed by atoms with E-state index in [0.717, 1.165) is 73.9 Å². The molecular formula is C32H45N5O2. The van der Waals surface area contributed by atoms with E-state index in [1.54, 1.807) is 19.5 Å². The first-order valence-corrected chi connectivity index (χ1v) is 14.6. The van der Waals surface area contributed by atoms with Crippen LogP contribution in [0.4, 0.5) is 5.82 Å². The molecule has 0 unspecified atom stereocenters. The van der Waals surface area contributed by atoms with E-state index < -0.39 is 0 Å². The number of aryl methyl sites for hydroxylation is 1. The number of aromatic nitrogens is 2. The summed E-state index contributed by atoms with van der Waals surface area (Å²) in [5.74, 6) is 2.67. The molecule has 0 atom stereocenters. The second-order valence-corrected chi connectivity index (χ2v) is 11.5. The van der Waals surface area contributed by atoms with Crippen LogP contribution < -0.4 is 15.4 Å². The van der Waals surface area contributed by atoms with E-state index in [4.69, 9.17) is 15.5 Å². The Morgan fingerprint density at radius 1 is 1.13 bits per heavy atom. The molecule has 2 aliphatic carbocycles. The molecule has 2 aromatic rings. The fraction of sp³-hybridized carbons (Fsp3) is 0.562. The highest BCUT2D eigenvalue weighted by atomic mass is 16.5. The summed E-state index contributed by atoms with van der Waals surface area (Å²) in [6, 6.07) is 6.34. The van der Waals surface area contributed by atoms with E-state index in [2.05, 4.69) is 23.0 Å². The van der Waals surface area contributed by atoms with Crippen LogP contribution in [0.15, 0.2) is 41.8 Å². The number of carbonyl (C=O) groups is 1. The molecule has 7 nitrogen and oxygen atoms in total. The number of pyridine rings is 2. The van der Waals surface area contributed by atoms with Crippen LogP contribution >= 0.6 is 0 Å². The lowest BCUT2D eigenvalue weighted by atomic mass is 9.78. The largest absolute Gasteiger partial charge is 0.481 e. The first-order valence-electron chi connectivity index (χ1n) is 14.6. The molecule has 7 heteroatoms. The number of ether oxygens (including phenoxy) is 1. The van der Waals surface area contributed by atoms with Gasteiger partial charge in [-0.25, -0.2) is 9.97 Å². The van der Waals surface area contributed by atoms with Gasteiger partial charge in [-0.3, -0.25) is 14.7 Å². The zero-order chi connectivity index (χ0) is 27.8. The molecule has 2 aromatic heterocycles. The van der Waals surface area contributed by atoms with Gasteiger partial charge in [0.05, 0.1) is 7.11 Å². The molecule has 2 heterocycles. The molecule has 2 saturated carbocycles. The summed E-state index contributed by atoms with van der Waals surface area (Å²) in [4.78, 5) is 29.6. The fourth-order valence-electron chi connectivity index (χ4n) is 6.01. The van der Waals surface area contributed by atoms with E-state index in [1.807, 2.05) is 43.3 Å². The number of aliphatic imine (C=N–C) groups is 1. The van der Waals surface area contributed by atoms with Gasteiger partial charge in [0.15, 0.2) is 0 Å². The Morgan fingerprint density at radius 2 is 1.87 bits per heavy atom. The number of rotatable bonds is 9. The number of allylic oxidation sites excluding steroid dienone is 1. The van der Waals surface area contributed by atoms with E-state index in [0.29, 0.717) is 24.3 Å². The number of nitrogens with zero attached hydrogens (tertiary/aromatic N) is 4. The highest BCUT2D eigenvalue weighted by molar-refractivity contribution is 6.10. The summed E-state index contributed by atoms with van der Waals surface area (Å²) < 4.78 is 5.34. The van der Waals surface area contributed by atoms with Gasteiger partial charge in [-0.05, 0) is 100 Å². The number of nitrogens with two attached hydrogens (primary N) is 1. The van der Waals surface area contributed by atoms with E-state index in [9.17, 15) is 4.79 Å². The summed E-state index contributed by atoms with van der Waals surface area (Å²) in [6.45, 7) is 6.83. The number of hydrogen-bond donors (Lipinski definition) is 1. The maximum absolute atomic E-state index is 13.9. The van der Waals surface area contributed by atoms with Crippen molar-refractivity contribution >= 4 is 23.5 Å². The smallest absolute Gasteiger partial charge is 0.231 e. The minimum Gasteiger partial charge on any atom is -0.481 e. The van der Waals surface area contributed by atoms with Crippen LogP contribution in [-0.4, -0.2) is 41.8 Å². The van der Waals surface area contributed by atoms with Crippen molar-refractivity contribution in [3.63, 3.8) is 0 Å². The van der Waals surface area contributed by atoms with Crippen LogP contribution in [0.1, 0.15) is 94.2 Å². The fourth-order valence-corrected chi connectivity index (χ4v) is 6.01. The molecule has 39 heavy (non-hydrogen) atoms. The maximum atomic E-state index is 13.9. The summed E-state index contributed by atoms with van der Waals surface area (Å²) in [5, 5.41) is 0. The molecule has 0 radical (unpaired) electrons. The monoisotopic (exact) mass is 531 g/mol. The van der Waals surface area contributed by atoms with Gasteiger partial charge in [0, 0.05) is 54.4 Å². The van der Waals surface area contributed by atoms with Gasteiger partial charge in [0.1, 0.15) is 5.82 Å². The van der Waals surface area contributed by atoms with E-state index in [-0.39, 0.29) is 17.9 Å². The molecule has 0 saturated heterocycles. The lowest BCUT2D eigenvalue weighted by molar-refractivity contribution is -0.123. The van der Waals surface area contributed by atoms with Crippen molar-refractivity contribution in [1.29, 1.82) is 0 Å². The van der Waals surface area contributed by atoms with Crippen molar-refractivity contribution in [2.24, 2.45) is 22.6 Å². The predicted octanol–water partition coefficient (Wildman–Crippen LogP) is 6.46. The van der Waals surface area contributed by atoms with Gasteiger partial charge in [0.2, 0.25) is 11.8 Å². The maximum Gasteiger partial charge on any atom is 0.231 e. The number of methoxy groups -OCH3 is 1. The third-order valence-corrected chi connectivity index (χ3v) is 8.27. The van der Waals surface area contributed by atoms with Crippen LogP contribution in [0, 0.1) is 18.8 Å². The van der Waals surface area contributed by atoms with Crippen LogP contribution in [0.2, 0.25) is 0 Å². The Balaban J connectivity index is 1.52. The van der Waals surface area contributed by atoms with Gasteiger partial charge >= 0.3 is 0 Å². The summed E-state index contributed by atoms with van der Waals surface area (Å²) in [7, 11) is 1.66. The Kier molecular flexibility index (Phi) is 10.1. The summed E-state index contributed by atoms with van der Waals surface area (Å²) in [5.41, 5.74) is 10.1. The molecule has 0 aliphatic heterocycles. The van der Waals surface area contributed by atoms with Gasteiger partial charge in [-0.1, -0.05) is 19.3 Å². The number of amides is 1. The molecule has 2 fully saturated rings. The molecule has 0 aromatic carbocycles. The van der Waals surface area contributed by atoms with Crippen molar-refractivity contribution in [3.05, 3.63) is 53.5 Å².